The van der Waals surface area contributed by atoms with Gasteiger partial charge in [-0.3, -0.25) is 16.0 Å². The van der Waals surface area contributed by atoms with Crippen LogP contribution in [-0.4, -0.2) is 15.8 Å². The molecule has 1 unspecified atom stereocenters. The number of nitrogens with two attached hydrogens (primary N) is 1. The molecule has 2 aromatic rings. The molecule has 0 spiro atoms. The van der Waals surface area contributed by atoms with Gasteiger partial charge < -0.3 is 0 Å². The molecule has 2 aromatic heterocycles. The smallest absolute Gasteiger partial charge is 0.0931 e. The summed E-state index contributed by atoms with van der Waals surface area (Å²) >= 11 is 7.58. The largest absolute Gasteiger partial charge is 0.272 e. The average molecular weight is 313 g/mol. The van der Waals surface area contributed by atoms with Gasteiger partial charge in [-0.1, -0.05) is 11.6 Å². The van der Waals surface area contributed by atoms with Gasteiger partial charge in [0.25, 0.3) is 0 Å². The van der Waals surface area contributed by atoms with Gasteiger partial charge in [-0.15, -0.1) is 11.3 Å². The molecule has 0 radical (unpaired) electrons. The Morgan fingerprint density at radius 3 is 2.70 bits per heavy atom. The van der Waals surface area contributed by atoms with Crippen molar-refractivity contribution in [1.82, 2.24) is 15.2 Å². The maximum absolute atomic E-state index is 5.96. The van der Waals surface area contributed by atoms with Crippen LogP contribution in [0.5, 0.6) is 0 Å². The van der Waals surface area contributed by atoms with Gasteiger partial charge in [0.15, 0.2) is 0 Å². The number of thiophene rings is 1. The number of halogens is 1. The first-order chi connectivity index (χ1) is 9.51. The number of rotatable bonds is 6. The van der Waals surface area contributed by atoms with Crippen molar-refractivity contribution in [1.29, 1.82) is 0 Å². The maximum Gasteiger partial charge on any atom is 0.0931 e. The Morgan fingerprint density at radius 1 is 1.45 bits per heavy atom. The fourth-order valence-electron chi connectivity index (χ4n) is 2.45. The third-order valence-corrected chi connectivity index (χ3v) is 4.97. The van der Waals surface area contributed by atoms with Gasteiger partial charge in [-0.2, -0.15) is 5.10 Å². The highest BCUT2D eigenvalue weighted by atomic mass is 35.5. The third kappa shape index (κ3) is 3.61. The molecule has 1 atom stereocenters. The second-order valence-electron chi connectivity index (χ2n) is 5.09. The van der Waals surface area contributed by atoms with Crippen LogP contribution in [0.4, 0.5) is 0 Å². The molecule has 0 aromatic carbocycles. The molecule has 0 aliphatic heterocycles. The topological polar surface area (TPSA) is 55.9 Å². The first kappa shape index (κ1) is 15.5. The van der Waals surface area contributed by atoms with E-state index in [1.54, 1.807) is 11.3 Å². The predicted molar refractivity (Wildman–Crippen MR) is 85.1 cm³/mol. The lowest BCUT2D eigenvalue weighted by Gasteiger charge is -2.15. The summed E-state index contributed by atoms with van der Waals surface area (Å²) in [4.78, 5) is 1.26. The fourth-order valence-corrected chi connectivity index (χ4v) is 3.61. The van der Waals surface area contributed by atoms with Crippen LogP contribution < -0.4 is 11.3 Å². The summed E-state index contributed by atoms with van der Waals surface area (Å²) in [6.45, 7) is 4.17. The van der Waals surface area contributed by atoms with Crippen LogP contribution in [0.2, 0.25) is 4.34 Å². The number of aromatic nitrogens is 2. The van der Waals surface area contributed by atoms with Crippen LogP contribution in [0.3, 0.4) is 0 Å². The highest BCUT2D eigenvalue weighted by Gasteiger charge is 2.14. The van der Waals surface area contributed by atoms with Gasteiger partial charge in [0, 0.05) is 23.7 Å². The van der Waals surface area contributed by atoms with Crippen LogP contribution in [0.1, 0.15) is 28.2 Å². The highest BCUT2D eigenvalue weighted by molar-refractivity contribution is 7.16. The van der Waals surface area contributed by atoms with Crippen molar-refractivity contribution in [3.05, 3.63) is 38.3 Å². The molecule has 20 heavy (non-hydrogen) atoms. The van der Waals surface area contributed by atoms with E-state index in [0.29, 0.717) is 0 Å². The Balaban J connectivity index is 1.97. The van der Waals surface area contributed by atoms with Crippen molar-refractivity contribution >= 4 is 22.9 Å². The molecule has 0 aliphatic carbocycles. The Hall–Kier alpha value is -0.880. The minimum atomic E-state index is 0.253. The summed E-state index contributed by atoms with van der Waals surface area (Å²) in [6.07, 6.45) is 2.88. The number of hydrogen-bond donors (Lipinski definition) is 2. The molecule has 3 N–H and O–H groups in total. The minimum absolute atomic E-state index is 0.253. The van der Waals surface area contributed by atoms with E-state index < -0.39 is 0 Å². The second-order valence-corrected chi connectivity index (χ2v) is 6.88. The van der Waals surface area contributed by atoms with E-state index in [-0.39, 0.29) is 6.04 Å². The van der Waals surface area contributed by atoms with E-state index in [2.05, 4.69) is 30.4 Å². The van der Waals surface area contributed by atoms with E-state index in [1.165, 1.54) is 16.1 Å². The van der Waals surface area contributed by atoms with Crippen molar-refractivity contribution in [2.24, 2.45) is 12.9 Å². The van der Waals surface area contributed by atoms with E-state index >= 15 is 0 Å². The van der Waals surface area contributed by atoms with Crippen LogP contribution in [0.25, 0.3) is 0 Å². The fraction of sp³-hybridized carbons (Fsp3) is 0.500. The molecule has 0 saturated carbocycles. The van der Waals surface area contributed by atoms with Crippen LogP contribution in [-0.2, 0) is 19.9 Å². The molecule has 2 rings (SSSR count). The van der Waals surface area contributed by atoms with Gasteiger partial charge in [0.1, 0.15) is 0 Å². The second kappa shape index (κ2) is 6.72. The molecule has 110 valence electrons. The molecule has 0 bridgehead atoms. The molecule has 0 amide bonds. The average Bonchev–Trinajstić information content (AvgIpc) is 2.91. The summed E-state index contributed by atoms with van der Waals surface area (Å²) in [6, 6.07) is 4.26. The zero-order valence-electron chi connectivity index (χ0n) is 12.1. The number of hydrogen-bond acceptors (Lipinski definition) is 4. The summed E-state index contributed by atoms with van der Waals surface area (Å²) in [5.74, 6) is 5.67. The van der Waals surface area contributed by atoms with Gasteiger partial charge in [0.05, 0.1) is 10.0 Å². The lowest BCUT2D eigenvalue weighted by Crippen LogP contribution is -2.37. The number of hydrazine groups is 1. The summed E-state index contributed by atoms with van der Waals surface area (Å²) in [7, 11) is 1.98. The van der Waals surface area contributed by atoms with E-state index in [9.17, 15) is 0 Å². The molecule has 0 aliphatic rings. The monoisotopic (exact) mass is 312 g/mol. The van der Waals surface area contributed by atoms with Crippen LogP contribution >= 0.6 is 22.9 Å². The first-order valence-electron chi connectivity index (χ1n) is 6.70. The maximum atomic E-state index is 5.96. The predicted octanol–water partition coefficient (Wildman–Crippen LogP) is 2.76. The lowest BCUT2D eigenvalue weighted by atomic mass is 10.0. The quantitative estimate of drug-likeness (QED) is 0.637. The van der Waals surface area contributed by atoms with Crippen LogP contribution in [0, 0.1) is 13.8 Å². The zero-order valence-corrected chi connectivity index (χ0v) is 13.7. The Labute approximate surface area is 128 Å². The Bertz CT molecular complexity index is 576. The van der Waals surface area contributed by atoms with Gasteiger partial charge in [-0.05, 0) is 50.8 Å². The van der Waals surface area contributed by atoms with Crippen molar-refractivity contribution in [2.45, 2.75) is 39.2 Å². The van der Waals surface area contributed by atoms with Gasteiger partial charge in [0.2, 0.25) is 0 Å². The number of nitrogens with zero attached hydrogens (tertiary/aromatic N) is 2. The summed E-state index contributed by atoms with van der Waals surface area (Å²) in [5.41, 5.74) is 6.59. The molecule has 6 heteroatoms. The van der Waals surface area contributed by atoms with E-state index in [4.69, 9.17) is 17.4 Å². The SMILES string of the molecule is Cc1nn(C)c(C)c1CCC(Cc1ccc(Cl)s1)NN. The molecule has 0 fully saturated rings. The van der Waals surface area contributed by atoms with Crippen molar-refractivity contribution in [2.75, 3.05) is 0 Å². The third-order valence-electron chi connectivity index (χ3n) is 3.71. The lowest BCUT2D eigenvalue weighted by molar-refractivity contribution is 0.493. The van der Waals surface area contributed by atoms with E-state index in [0.717, 1.165) is 29.3 Å². The molecule has 0 saturated heterocycles. The van der Waals surface area contributed by atoms with Gasteiger partial charge >= 0.3 is 0 Å². The normalized spacial score (nSPS) is 12.8. The van der Waals surface area contributed by atoms with Crippen LogP contribution in [0.15, 0.2) is 12.1 Å². The standard InChI is InChI=1S/C14H21ClN4S/c1-9-13(10(2)19(3)18-9)6-4-11(17-16)8-12-5-7-14(15)20-12/h5,7,11,17H,4,6,8,16H2,1-3H3. The molecule has 4 nitrogen and oxygen atoms in total. The molecule has 2 heterocycles. The van der Waals surface area contributed by atoms with Crippen molar-refractivity contribution < 1.29 is 0 Å². The van der Waals surface area contributed by atoms with Gasteiger partial charge in [-0.25, -0.2) is 0 Å². The highest BCUT2D eigenvalue weighted by Crippen LogP contribution is 2.23. The molecular formula is C14H21ClN4S. The number of aryl methyl sites for hydroxylation is 2. The first-order valence-corrected chi connectivity index (χ1v) is 7.90. The number of nitrogens with one attached hydrogen (secondary N) is 1. The Morgan fingerprint density at radius 2 is 2.20 bits per heavy atom. The molecular weight excluding hydrogens is 292 g/mol. The van der Waals surface area contributed by atoms with E-state index in [1.807, 2.05) is 17.8 Å². The minimum Gasteiger partial charge on any atom is -0.272 e. The summed E-state index contributed by atoms with van der Waals surface area (Å²) < 4.78 is 2.77. The Kier molecular flexibility index (Phi) is 5.21. The zero-order chi connectivity index (χ0) is 14.7. The van der Waals surface area contributed by atoms with Crippen molar-refractivity contribution in [3.63, 3.8) is 0 Å². The summed E-state index contributed by atoms with van der Waals surface area (Å²) in [5, 5.41) is 4.45. The van der Waals surface area contributed by atoms with Crippen molar-refractivity contribution in [3.8, 4) is 0 Å².